The normalized spacial score (nSPS) is 35.1. The molecule has 1 N–H and O–H groups in total. The van der Waals surface area contributed by atoms with Crippen molar-refractivity contribution in [2.45, 2.75) is 51.2 Å². The molecule has 0 aromatic carbocycles. The van der Waals surface area contributed by atoms with Crippen molar-refractivity contribution in [3.63, 3.8) is 0 Å². The van der Waals surface area contributed by atoms with E-state index in [9.17, 15) is 0 Å². The molecule has 2 aliphatic rings. The lowest BCUT2D eigenvalue weighted by molar-refractivity contribution is -0.0260. The number of rotatable bonds is 4. The summed E-state index contributed by atoms with van der Waals surface area (Å²) in [4.78, 5) is 2.59. The maximum atomic E-state index is 5.76. The molecule has 0 spiro atoms. The van der Waals surface area contributed by atoms with Gasteiger partial charge in [0.05, 0.1) is 6.10 Å². The molecular weight excluding hydrogens is 212 g/mol. The predicted molar refractivity (Wildman–Crippen MR) is 71.3 cm³/mol. The van der Waals surface area contributed by atoms with Gasteiger partial charge in [-0.2, -0.15) is 0 Å². The molecule has 2 fully saturated rings. The number of hydrogen-bond acceptors (Lipinski definition) is 3. The molecule has 2 heterocycles. The number of hydrogen-bond donors (Lipinski definition) is 1. The fourth-order valence-corrected chi connectivity index (χ4v) is 3.18. The standard InChI is InChI=1S/C14H28N2O/c1-3-14-9-13(6-8-17-14)16(2)11-12-5-4-7-15-10-12/h12-15H,3-11H2,1-2H3. The van der Waals surface area contributed by atoms with Gasteiger partial charge < -0.3 is 15.0 Å². The van der Waals surface area contributed by atoms with Crippen LogP contribution < -0.4 is 5.32 Å². The molecule has 2 aliphatic heterocycles. The van der Waals surface area contributed by atoms with Crippen molar-refractivity contribution in [3.8, 4) is 0 Å². The molecule has 2 saturated heterocycles. The average Bonchev–Trinajstić information content (AvgIpc) is 2.40. The monoisotopic (exact) mass is 240 g/mol. The minimum absolute atomic E-state index is 0.501. The number of nitrogens with one attached hydrogen (secondary N) is 1. The van der Waals surface area contributed by atoms with E-state index in [0.717, 1.165) is 25.0 Å². The van der Waals surface area contributed by atoms with Crippen LogP contribution in [0.5, 0.6) is 0 Å². The molecule has 100 valence electrons. The summed E-state index contributed by atoms with van der Waals surface area (Å²) in [6, 6.07) is 0.746. The second kappa shape index (κ2) is 6.72. The van der Waals surface area contributed by atoms with Gasteiger partial charge in [0.15, 0.2) is 0 Å². The predicted octanol–water partition coefficient (Wildman–Crippen LogP) is 1.88. The van der Waals surface area contributed by atoms with E-state index in [0.29, 0.717) is 6.10 Å². The Balaban J connectivity index is 1.75. The first-order chi connectivity index (χ1) is 8.29. The zero-order chi connectivity index (χ0) is 12.1. The van der Waals surface area contributed by atoms with Gasteiger partial charge in [-0.1, -0.05) is 6.92 Å². The highest BCUT2D eigenvalue weighted by Gasteiger charge is 2.26. The second-order valence-electron chi connectivity index (χ2n) is 5.73. The second-order valence-corrected chi connectivity index (χ2v) is 5.73. The van der Waals surface area contributed by atoms with Gasteiger partial charge >= 0.3 is 0 Å². The molecule has 0 aromatic rings. The van der Waals surface area contributed by atoms with Crippen LogP contribution in [0, 0.1) is 5.92 Å². The number of ether oxygens (including phenoxy) is 1. The summed E-state index contributed by atoms with van der Waals surface area (Å²) in [5.74, 6) is 0.858. The minimum atomic E-state index is 0.501. The highest BCUT2D eigenvalue weighted by atomic mass is 16.5. The van der Waals surface area contributed by atoms with E-state index in [4.69, 9.17) is 4.74 Å². The van der Waals surface area contributed by atoms with Gasteiger partial charge in [0.1, 0.15) is 0 Å². The lowest BCUT2D eigenvalue weighted by Gasteiger charge is -2.37. The van der Waals surface area contributed by atoms with Crippen LogP contribution in [0.25, 0.3) is 0 Å². The zero-order valence-electron chi connectivity index (χ0n) is 11.5. The Hall–Kier alpha value is -0.120. The molecule has 3 nitrogen and oxygen atoms in total. The Morgan fingerprint density at radius 1 is 1.35 bits per heavy atom. The van der Waals surface area contributed by atoms with Gasteiger partial charge in [-0.05, 0) is 58.2 Å². The molecule has 3 atom stereocenters. The van der Waals surface area contributed by atoms with E-state index in [1.54, 1.807) is 0 Å². The molecule has 3 unspecified atom stereocenters. The Bertz CT molecular complexity index is 216. The van der Waals surface area contributed by atoms with Gasteiger partial charge in [0, 0.05) is 19.2 Å². The first kappa shape index (κ1) is 13.3. The number of piperidine rings is 1. The van der Waals surface area contributed by atoms with Crippen LogP contribution in [-0.4, -0.2) is 50.3 Å². The van der Waals surface area contributed by atoms with Crippen LogP contribution >= 0.6 is 0 Å². The van der Waals surface area contributed by atoms with Crippen molar-refractivity contribution >= 4 is 0 Å². The Morgan fingerprint density at radius 3 is 2.94 bits per heavy atom. The third kappa shape index (κ3) is 3.94. The maximum absolute atomic E-state index is 5.76. The Morgan fingerprint density at radius 2 is 2.24 bits per heavy atom. The molecule has 0 bridgehead atoms. The molecule has 0 aliphatic carbocycles. The largest absolute Gasteiger partial charge is 0.378 e. The van der Waals surface area contributed by atoms with Crippen molar-refractivity contribution < 1.29 is 4.74 Å². The summed E-state index contributed by atoms with van der Waals surface area (Å²) >= 11 is 0. The summed E-state index contributed by atoms with van der Waals surface area (Å²) in [5, 5.41) is 3.51. The fraction of sp³-hybridized carbons (Fsp3) is 1.00. The SMILES string of the molecule is CCC1CC(N(C)CC2CCCNC2)CCO1. The lowest BCUT2D eigenvalue weighted by atomic mass is 9.96. The van der Waals surface area contributed by atoms with Gasteiger partial charge in [0.2, 0.25) is 0 Å². The van der Waals surface area contributed by atoms with Crippen molar-refractivity contribution in [2.75, 3.05) is 33.3 Å². The lowest BCUT2D eigenvalue weighted by Crippen LogP contribution is -2.44. The molecule has 0 aromatic heterocycles. The fourth-order valence-electron chi connectivity index (χ4n) is 3.18. The van der Waals surface area contributed by atoms with E-state index in [1.165, 1.54) is 45.3 Å². The third-order valence-electron chi connectivity index (χ3n) is 4.36. The summed E-state index contributed by atoms with van der Waals surface area (Å²) in [6.45, 7) is 6.88. The summed E-state index contributed by atoms with van der Waals surface area (Å²) in [7, 11) is 2.30. The van der Waals surface area contributed by atoms with Gasteiger partial charge in [0.25, 0.3) is 0 Å². The molecule has 0 radical (unpaired) electrons. The van der Waals surface area contributed by atoms with Crippen LogP contribution in [0.3, 0.4) is 0 Å². The van der Waals surface area contributed by atoms with Crippen LogP contribution in [0.4, 0.5) is 0 Å². The van der Waals surface area contributed by atoms with Crippen molar-refractivity contribution in [1.82, 2.24) is 10.2 Å². The Labute approximate surface area is 106 Å². The average molecular weight is 240 g/mol. The Kier molecular flexibility index (Phi) is 5.26. The highest BCUT2D eigenvalue weighted by Crippen LogP contribution is 2.22. The van der Waals surface area contributed by atoms with Gasteiger partial charge in [-0.25, -0.2) is 0 Å². The first-order valence-corrected chi connectivity index (χ1v) is 7.32. The number of nitrogens with zero attached hydrogens (tertiary/aromatic N) is 1. The van der Waals surface area contributed by atoms with E-state index >= 15 is 0 Å². The molecule has 17 heavy (non-hydrogen) atoms. The molecule has 0 amide bonds. The highest BCUT2D eigenvalue weighted by molar-refractivity contribution is 4.80. The van der Waals surface area contributed by atoms with Crippen LogP contribution in [-0.2, 0) is 4.74 Å². The molecule has 2 rings (SSSR count). The summed E-state index contributed by atoms with van der Waals surface area (Å²) in [5.41, 5.74) is 0. The van der Waals surface area contributed by atoms with Crippen molar-refractivity contribution in [2.24, 2.45) is 5.92 Å². The molecule has 3 heteroatoms. The summed E-state index contributed by atoms with van der Waals surface area (Å²) < 4.78 is 5.76. The van der Waals surface area contributed by atoms with Crippen LogP contribution in [0.15, 0.2) is 0 Å². The summed E-state index contributed by atoms with van der Waals surface area (Å²) in [6.07, 6.45) is 6.86. The first-order valence-electron chi connectivity index (χ1n) is 7.32. The maximum Gasteiger partial charge on any atom is 0.0587 e. The van der Waals surface area contributed by atoms with E-state index < -0.39 is 0 Å². The smallest absolute Gasteiger partial charge is 0.0587 e. The van der Waals surface area contributed by atoms with E-state index in [1.807, 2.05) is 0 Å². The van der Waals surface area contributed by atoms with Crippen LogP contribution in [0.2, 0.25) is 0 Å². The topological polar surface area (TPSA) is 24.5 Å². The van der Waals surface area contributed by atoms with Crippen LogP contribution in [0.1, 0.15) is 39.0 Å². The quantitative estimate of drug-likeness (QED) is 0.812. The van der Waals surface area contributed by atoms with Crippen molar-refractivity contribution in [1.29, 1.82) is 0 Å². The molecule has 0 saturated carbocycles. The zero-order valence-corrected chi connectivity index (χ0v) is 11.5. The van der Waals surface area contributed by atoms with Crippen molar-refractivity contribution in [3.05, 3.63) is 0 Å². The van der Waals surface area contributed by atoms with E-state index in [2.05, 4.69) is 24.2 Å². The van der Waals surface area contributed by atoms with Gasteiger partial charge in [-0.3, -0.25) is 0 Å². The third-order valence-corrected chi connectivity index (χ3v) is 4.36. The van der Waals surface area contributed by atoms with E-state index in [-0.39, 0.29) is 0 Å². The minimum Gasteiger partial charge on any atom is -0.378 e. The molecular formula is C14H28N2O. The van der Waals surface area contributed by atoms with Gasteiger partial charge in [-0.15, -0.1) is 0 Å².